The molecule has 4 N–H and O–H groups in total. The quantitative estimate of drug-likeness (QED) is 0.768. The second-order valence-electron chi connectivity index (χ2n) is 5.18. The molecule has 0 atom stereocenters. The Labute approximate surface area is 112 Å². The van der Waals surface area contributed by atoms with E-state index in [-0.39, 0.29) is 5.91 Å². The molecule has 0 spiro atoms. The van der Waals surface area contributed by atoms with Crippen LogP contribution in [0.15, 0.2) is 12.3 Å². The van der Waals surface area contributed by atoms with E-state index in [9.17, 15) is 9.59 Å². The molecule has 1 aromatic rings. The summed E-state index contributed by atoms with van der Waals surface area (Å²) in [6.45, 7) is 1.98. The van der Waals surface area contributed by atoms with Crippen LogP contribution in [0.2, 0.25) is 0 Å². The summed E-state index contributed by atoms with van der Waals surface area (Å²) in [5.41, 5.74) is 6.14. The van der Waals surface area contributed by atoms with Crippen molar-refractivity contribution in [3.63, 3.8) is 0 Å². The average Bonchev–Trinajstić information content (AvgIpc) is 2.88. The van der Waals surface area contributed by atoms with E-state index in [4.69, 9.17) is 5.73 Å². The van der Waals surface area contributed by atoms with Gasteiger partial charge in [0, 0.05) is 11.9 Å². The van der Waals surface area contributed by atoms with Crippen molar-refractivity contribution in [1.82, 2.24) is 10.3 Å². The maximum atomic E-state index is 12.3. The number of carbonyl (C=O) groups excluding carboxylic acids is 2. The normalized spacial score (nSPS) is 17.9. The third-order valence-corrected chi connectivity index (χ3v) is 3.96. The lowest BCUT2D eigenvalue weighted by Gasteiger charge is -2.35. The zero-order valence-electron chi connectivity index (χ0n) is 11.3. The van der Waals surface area contributed by atoms with Crippen molar-refractivity contribution < 1.29 is 9.59 Å². The number of nitrogens with two attached hydrogens (primary N) is 1. The molecule has 0 aromatic carbocycles. The molecule has 2 amide bonds. The van der Waals surface area contributed by atoms with Crippen LogP contribution in [-0.2, 0) is 11.2 Å². The van der Waals surface area contributed by atoms with Gasteiger partial charge in [-0.15, -0.1) is 0 Å². The largest absolute Gasteiger partial charge is 0.368 e. The molecular formula is C14H21N3O2. The highest BCUT2D eigenvalue weighted by Gasteiger charge is 2.39. The number of aromatic amines is 1. The number of hydrogen-bond donors (Lipinski definition) is 3. The maximum Gasteiger partial charge on any atom is 0.253 e. The Morgan fingerprint density at radius 1 is 1.37 bits per heavy atom. The highest BCUT2D eigenvalue weighted by molar-refractivity contribution is 5.99. The maximum absolute atomic E-state index is 12.3. The van der Waals surface area contributed by atoms with Crippen molar-refractivity contribution in [1.29, 1.82) is 0 Å². The molecule has 1 fully saturated rings. The number of hydrogen-bond acceptors (Lipinski definition) is 2. The van der Waals surface area contributed by atoms with E-state index in [0.717, 1.165) is 31.4 Å². The highest BCUT2D eigenvalue weighted by Crippen LogP contribution is 2.28. The molecule has 0 unspecified atom stereocenters. The molecule has 1 saturated carbocycles. The third-order valence-electron chi connectivity index (χ3n) is 3.96. The Hall–Kier alpha value is -1.78. The van der Waals surface area contributed by atoms with E-state index >= 15 is 0 Å². The summed E-state index contributed by atoms with van der Waals surface area (Å²) in [5.74, 6) is -0.632. The summed E-state index contributed by atoms with van der Waals surface area (Å²) < 4.78 is 0. The van der Waals surface area contributed by atoms with E-state index in [1.165, 1.54) is 0 Å². The monoisotopic (exact) mass is 263 g/mol. The van der Waals surface area contributed by atoms with Crippen molar-refractivity contribution in [2.45, 2.75) is 51.0 Å². The van der Waals surface area contributed by atoms with E-state index in [1.54, 1.807) is 12.3 Å². The molecule has 1 aliphatic rings. The first-order chi connectivity index (χ1) is 9.09. The lowest BCUT2D eigenvalue weighted by atomic mass is 9.81. The number of aromatic nitrogens is 1. The number of H-pyrrole nitrogens is 1. The number of amides is 2. The second-order valence-corrected chi connectivity index (χ2v) is 5.18. The summed E-state index contributed by atoms with van der Waals surface area (Å²) in [4.78, 5) is 27.1. The Morgan fingerprint density at radius 2 is 2.05 bits per heavy atom. The third kappa shape index (κ3) is 2.64. The molecule has 5 nitrogen and oxygen atoms in total. The van der Waals surface area contributed by atoms with Crippen LogP contribution in [0.25, 0.3) is 0 Å². The molecule has 1 aliphatic carbocycles. The van der Waals surface area contributed by atoms with E-state index in [2.05, 4.69) is 10.3 Å². The van der Waals surface area contributed by atoms with Crippen molar-refractivity contribution in [2.75, 3.05) is 0 Å². The fraction of sp³-hybridized carbons (Fsp3) is 0.571. The van der Waals surface area contributed by atoms with Crippen LogP contribution in [0.3, 0.4) is 0 Å². The molecule has 2 rings (SSSR count). The van der Waals surface area contributed by atoms with Gasteiger partial charge in [-0.1, -0.05) is 26.2 Å². The summed E-state index contributed by atoms with van der Waals surface area (Å²) in [7, 11) is 0. The molecule has 0 radical (unpaired) electrons. The number of aryl methyl sites for hydroxylation is 1. The first-order valence-electron chi connectivity index (χ1n) is 6.88. The van der Waals surface area contributed by atoms with Crippen molar-refractivity contribution in [2.24, 2.45) is 5.73 Å². The van der Waals surface area contributed by atoms with Crippen molar-refractivity contribution in [3.05, 3.63) is 23.5 Å². The van der Waals surface area contributed by atoms with Gasteiger partial charge in [-0.05, 0) is 25.3 Å². The zero-order valence-corrected chi connectivity index (χ0v) is 11.3. The van der Waals surface area contributed by atoms with E-state index in [0.29, 0.717) is 18.4 Å². The standard InChI is InChI=1S/C14H21N3O2/c1-2-11-10(6-9-16-11)12(18)17-14(13(15)19)7-4-3-5-8-14/h6,9,16H,2-5,7-8H2,1H3,(H2,15,19)(H,17,18). The highest BCUT2D eigenvalue weighted by atomic mass is 16.2. The van der Waals surface area contributed by atoms with Gasteiger partial charge in [-0.2, -0.15) is 0 Å². The fourth-order valence-electron chi connectivity index (χ4n) is 2.78. The molecular weight excluding hydrogens is 242 g/mol. The first-order valence-corrected chi connectivity index (χ1v) is 6.88. The second kappa shape index (κ2) is 5.47. The summed E-state index contributed by atoms with van der Waals surface area (Å²) in [6.07, 6.45) is 6.72. The summed E-state index contributed by atoms with van der Waals surface area (Å²) in [5, 5.41) is 2.88. The van der Waals surface area contributed by atoms with Gasteiger partial charge in [0.25, 0.3) is 5.91 Å². The molecule has 0 bridgehead atoms. The molecule has 104 valence electrons. The predicted molar refractivity (Wildman–Crippen MR) is 72.6 cm³/mol. The lowest BCUT2D eigenvalue weighted by molar-refractivity contribution is -0.125. The van der Waals surface area contributed by atoms with Gasteiger partial charge in [0.2, 0.25) is 5.91 Å². The van der Waals surface area contributed by atoms with Crippen molar-refractivity contribution in [3.8, 4) is 0 Å². The minimum atomic E-state index is -0.863. The number of rotatable bonds is 4. The molecule has 5 heteroatoms. The number of nitrogens with one attached hydrogen (secondary N) is 2. The average molecular weight is 263 g/mol. The Bertz CT molecular complexity index is 473. The lowest BCUT2D eigenvalue weighted by Crippen LogP contribution is -2.58. The minimum absolute atomic E-state index is 0.209. The Balaban J connectivity index is 2.18. The Morgan fingerprint density at radius 3 is 2.63 bits per heavy atom. The minimum Gasteiger partial charge on any atom is -0.368 e. The van der Waals surface area contributed by atoms with Gasteiger partial charge in [0.05, 0.1) is 5.56 Å². The summed E-state index contributed by atoms with van der Waals surface area (Å²) in [6, 6.07) is 1.74. The van der Waals surface area contributed by atoms with Gasteiger partial charge in [0.1, 0.15) is 5.54 Å². The SMILES string of the molecule is CCc1[nH]ccc1C(=O)NC1(C(N)=O)CCCCC1. The van der Waals surface area contributed by atoms with Crippen LogP contribution < -0.4 is 11.1 Å². The van der Waals surface area contributed by atoms with E-state index < -0.39 is 11.4 Å². The van der Waals surface area contributed by atoms with Gasteiger partial charge in [-0.25, -0.2) is 0 Å². The van der Waals surface area contributed by atoms with Crippen LogP contribution in [0.1, 0.15) is 55.1 Å². The molecule has 1 aromatic heterocycles. The van der Waals surface area contributed by atoms with Gasteiger partial charge >= 0.3 is 0 Å². The zero-order chi connectivity index (χ0) is 13.9. The number of primary amides is 1. The molecule has 0 saturated heterocycles. The van der Waals surface area contributed by atoms with Gasteiger partial charge < -0.3 is 16.0 Å². The Kier molecular flexibility index (Phi) is 3.93. The predicted octanol–water partition coefficient (Wildman–Crippen LogP) is 1.50. The molecule has 0 aliphatic heterocycles. The van der Waals surface area contributed by atoms with Crippen molar-refractivity contribution >= 4 is 11.8 Å². The molecule has 1 heterocycles. The van der Waals surface area contributed by atoms with Crippen LogP contribution in [0, 0.1) is 0 Å². The van der Waals surface area contributed by atoms with Gasteiger partial charge in [-0.3, -0.25) is 9.59 Å². The fourth-order valence-corrected chi connectivity index (χ4v) is 2.78. The summed E-state index contributed by atoms with van der Waals surface area (Å²) >= 11 is 0. The molecule has 19 heavy (non-hydrogen) atoms. The van der Waals surface area contributed by atoms with Crippen LogP contribution in [0.5, 0.6) is 0 Å². The topological polar surface area (TPSA) is 88.0 Å². The first kappa shape index (κ1) is 13.6. The van der Waals surface area contributed by atoms with Crippen LogP contribution >= 0.6 is 0 Å². The van der Waals surface area contributed by atoms with Crippen LogP contribution in [0.4, 0.5) is 0 Å². The van der Waals surface area contributed by atoms with E-state index in [1.807, 2.05) is 6.92 Å². The number of carbonyl (C=O) groups is 2. The van der Waals surface area contributed by atoms with Crippen LogP contribution in [-0.4, -0.2) is 22.3 Å². The van der Waals surface area contributed by atoms with Gasteiger partial charge in [0.15, 0.2) is 0 Å². The smallest absolute Gasteiger partial charge is 0.253 e.